The molecule has 6 nitrogen and oxygen atoms in total. The van der Waals surface area contributed by atoms with Gasteiger partial charge < -0.3 is 9.67 Å². The predicted molar refractivity (Wildman–Crippen MR) is 106 cm³/mol. The van der Waals surface area contributed by atoms with Crippen molar-refractivity contribution in [2.75, 3.05) is 0 Å². The fourth-order valence-electron chi connectivity index (χ4n) is 3.34. The molecule has 0 amide bonds. The maximum atomic E-state index is 9.78. The summed E-state index contributed by atoms with van der Waals surface area (Å²) in [6.07, 6.45) is 4.23. The standard InChI is InChI=1S/C22H19N5O/c1-26-13-18(15-5-3-2-4-6-15)23-20(26)11-9-17-10-12-21-24-22(16-7-8-16)19(14-28)27(21)25-17/h2-6,10,12-13,16,28H,7-8,14H2,1H3. The summed E-state index contributed by atoms with van der Waals surface area (Å²) in [5.74, 6) is 7.33. The lowest BCUT2D eigenvalue weighted by molar-refractivity contribution is 0.272. The molecular formula is C22H19N5O. The molecule has 1 N–H and O–H groups in total. The lowest BCUT2D eigenvalue weighted by Gasteiger charge is -1.99. The molecule has 138 valence electrons. The van der Waals surface area contributed by atoms with Gasteiger partial charge in [0.25, 0.3) is 0 Å². The number of imidazole rings is 2. The van der Waals surface area contributed by atoms with Gasteiger partial charge in [-0.3, -0.25) is 0 Å². The molecule has 0 atom stereocenters. The van der Waals surface area contributed by atoms with Crippen LogP contribution in [-0.4, -0.2) is 29.3 Å². The molecule has 1 aliphatic rings. The zero-order valence-electron chi connectivity index (χ0n) is 15.5. The molecule has 0 radical (unpaired) electrons. The van der Waals surface area contributed by atoms with Crippen LogP contribution in [0.4, 0.5) is 0 Å². The fourth-order valence-corrected chi connectivity index (χ4v) is 3.34. The van der Waals surface area contributed by atoms with Gasteiger partial charge in [-0.1, -0.05) is 30.3 Å². The van der Waals surface area contributed by atoms with Crippen molar-refractivity contribution in [3.63, 3.8) is 0 Å². The molecule has 28 heavy (non-hydrogen) atoms. The highest BCUT2D eigenvalue weighted by Crippen LogP contribution is 2.41. The molecule has 3 heterocycles. The van der Waals surface area contributed by atoms with Crippen LogP contribution < -0.4 is 0 Å². The van der Waals surface area contributed by atoms with Crippen LogP contribution in [0.25, 0.3) is 16.9 Å². The molecule has 0 saturated heterocycles. The van der Waals surface area contributed by atoms with Crippen LogP contribution in [0, 0.1) is 11.8 Å². The van der Waals surface area contributed by atoms with E-state index in [2.05, 4.69) is 26.9 Å². The lowest BCUT2D eigenvalue weighted by Crippen LogP contribution is -2.01. The van der Waals surface area contributed by atoms with Gasteiger partial charge in [0.05, 0.1) is 23.7 Å². The smallest absolute Gasteiger partial charge is 0.186 e. The summed E-state index contributed by atoms with van der Waals surface area (Å²) in [4.78, 5) is 9.26. The Morgan fingerprint density at radius 1 is 1.07 bits per heavy atom. The molecule has 0 unspecified atom stereocenters. The average molecular weight is 369 g/mol. The topological polar surface area (TPSA) is 68.2 Å². The van der Waals surface area contributed by atoms with E-state index in [1.54, 1.807) is 4.52 Å². The minimum Gasteiger partial charge on any atom is -0.390 e. The zero-order valence-corrected chi connectivity index (χ0v) is 15.5. The maximum Gasteiger partial charge on any atom is 0.186 e. The van der Waals surface area contributed by atoms with Gasteiger partial charge >= 0.3 is 0 Å². The van der Waals surface area contributed by atoms with Crippen molar-refractivity contribution in [1.29, 1.82) is 0 Å². The Balaban J connectivity index is 1.50. The number of rotatable bonds is 3. The van der Waals surface area contributed by atoms with Crippen LogP contribution in [0.15, 0.2) is 48.7 Å². The monoisotopic (exact) mass is 369 g/mol. The molecule has 4 aromatic rings. The number of hydrogen-bond acceptors (Lipinski definition) is 4. The highest BCUT2D eigenvalue weighted by Gasteiger charge is 2.30. The summed E-state index contributed by atoms with van der Waals surface area (Å²) in [6.45, 7) is -0.0727. The van der Waals surface area contributed by atoms with Gasteiger partial charge in [0, 0.05) is 24.7 Å². The molecule has 1 aromatic carbocycles. The van der Waals surface area contributed by atoms with Crippen LogP contribution in [0.3, 0.4) is 0 Å². The Bertz CT molecular complexity index is 1220. The summed E-state index contributed by atoms with van der Waals surface area (Å²) in [5.41, 5.74) is 5.05. The predicted octanol–water partition coefficient (Wildman–Crippen LogP) is 2.90. The van der Waals surface area contributed by atoms with E-state index in [1.807, 2.05) is 60.3 Å². The second-order valence-electron chi connectivity index (χ2n) is 7.04. The Kier molecular flexibility index (Phi) is 3.96. The second-order valence-corrected chi connectivity index (χ2v) is 7.04. The van der Waals surface area contributed by atoms with Crippen LogP contribution in [0.1, 0.15) is 41.7 Å². The number of aromatic nitrogens is 5. The van der Waals surface area contributed by atoms with Gasteiger partial charge in [-0.15, -0.1) is 0 Å². The third-order valence-corrected chi connectivity index (χ3v) is 4.96. The number of benzene rings is 1. The van der Waals surface area contributed by atoms with Gasteiger partial charge in [-0.25, -0.2) is 14.5 Å². The molecular weight excluding hydrogens is 350 g/mol. The Morgan fingerprint density at radius 2 is 1.89 bits per heavy atom. The first kappa shape index (κ1) is 16.7. The summed E-state index contributed by atoms with van der Waals surface area (Å²) in [5, 5.41) is 14.3. The lowest BCUT2D eigenvalue weighted by atomic mass is 10.2. The minimum atomic E-state index is -0.0727. The van der Waals surface area contributed by atoms with E-state index in [0.717, 1.165) is 41.1 Å². The van der Waals surface area contributed by atoms with Crippen LogP contribution in [0.5, 0.6) is 0 Å². The van der Waals surface area contributed by atoms with E-state index in [-0.39, 0.29) is 6.61 Å². The molecule has 0 spiro atoms. The quantitative estimate of drug-likeness (QED) is 0.564. The van der Waals surface area contributed by atoms with Gasteiger partial charge in [0.1, 0.15) is 5.69 Å². The van der Waals surface area contributed by atoms with Crippen molar-refractivity contribution in [3.05, 3.63) is 71.6 Å². The van der Waals surface area contributed by atoms with Crippen LogP contribution >= 0.6 is 0 Å². The zero-order chi connectivity index (χ0) is 19.1. The van der Waals surface area contributed by atoms with Gasteiger partial charge in [0.2, 0.25) is 0 Å². The Hall–Kier alpha value is -3.43. The van der Waals surface area contributed by atoms with E-state index in [9.17, 15) is 5.11 Å². The van der Waals surface area contributed by atoms with Crippen molar-refractivity contribution < 1.29 is 5.11 Å². The summed E-state index contributed by atoms with van der Waals surface area (Å²) in [6, 6.07) is 13.8. The van der Waals surface area contributed by atoms with E-state index in [1.165, 1.54) is 0 Å². The molecule has 5 rings (SSSR count). The Labute approximate surface area is 162 Å². The normalized spacial score (nSPS) is 13.5. The number of aliphatic hydroxyl groups is 1. The Morgan fingerprint density at radius 3 is 2.64 bits per heavy atom. The third-order valence-electron chi connectivity index (χ3n) is 4.96. The SMILES string of the molecule is Cn1cc(-c2ccccc2)nc1C#Cc1ccc2nc(C3CC3)c(CO)n2n1. The molecule has 1 fully saturated rings. The maximum absolute atomic E-state index is 9.78. The summed E-state index contributed by atoms with van der Waals surface area (Å²) >= 11 is 0. The van der Waals surface area contributed by atoms with Crippen molar-refractivity contribution in [2.24, 2.45) is 7.05 Å². The fraction of sp³-hybridized carbons (Fsp3) is 0.227. The van der Waals surface area contributed by atoms with Crippen LogP contribution in [-0.2, 0) is 13.7 Å². The summed E-state index contributed by atoms with van der Waals surface area (Å²) < 4.78 is 3.63. The highest BCUT2D eigenvalue weighted by molar-refractivity contribution is 5.59. The largest absolute Gasteiger partial charge is 0.390 e. The van der Waals surface area contributed by atoms with E-state index in [4.69, 9.17) is 0 Å². The van der Waals surface area contributed by atoms with Crippen LogP contribution in [0.2, 0.25) is 0 Å². The molecule has 3 aromatic heterocycles. The van der Waals surface area contributed by atoms with Crippen molar-refractivity contribution in [2.45, 2.75) is 25.4 Å². The average Bonchev–Trinajstić information content (AvgIpc) is 3.41. The number of aryl methyl sites for hydroxylation is 1. The first-order valence-corrected chi connectivity index (χ1v) is 9.33. The van der Waals surface area contributed by atoms with E-state index >= 15 is 0 Å². The molecule has 6 heteroatoms. The first-order chi connectivity index (χ1) is 13.7. The minimum absolute atomic E-state index is 0.0727. The number of hydrogen-bond donors (Lipinski definition) is 1. The summed E-state index contributed by atoms with van der Waals surface area (Å²) in [7, 11) is 1.93. The molecule has 0 bridgehead atoms. The van der Waals surface area contributed by atoms with Crippen molar-refractivity contribution in [1.82, 2.24) is 24.1 Å². The molecule has 0 aliphatic heterocycles. The van der Waals surface area contributed by atoms with Gasteiger partial charge in [-0.2, -0.15) is 5.10 Å². The molecule has 1 aliphatic carbocycles. The van der Waals surface area contributed by atoms with E-state index in [0.29, 0.717) is 17.4 Å². The van der Waals surface area contributed by atoms with Crippen molar-refractivity contribution >= 4 is 5.65 Å². The second kappa shape index (κ2) is 6.63. The first-order valence-electron chi connectivity index (χ1n) is 9.33. The number of aliphatic hydroxyl groups excluding tert-OH is 1. The van der Waals surface area contributed by atoms with Crippen molar-refractivity contribution in [3.8, 4) is 23.1 Å². The highest BCUT2D eigenvalue weighted by atomic mass is 16.3. The van der Waals surface area contributed by atoms with E-state index < -0.39 is 0 Å². The van der Waals surface area contributed by atoms with Gasteiger partial charge in [0.15, 0.2) is 11.5 Å². The number of fused-ring (bicyclic) bond motifs is 1. The number of nitrogens with zero attached hydrogens (tertiary/aromatic N) is 5. The van der Waals surface area contributed by atoms with Gasteiger partial charge in [-0.05, 0) is 36.8 Å². The third kappa shape index (κ3) is 2.96. The molecule has 1 saturated carbocycles.